The molecule has 0 N–H and O–H groups in total. The maximum atomic E-state index is 15.2. The Morgan fingerprint density at radius 1 is 1.03 bits per heavy atom. The molecule has 2 heterocycles. The Balaban J connectivity index is 1.80. The number of carbonyl (C=O) groups excluding carboxylic acids is 1. The zero-order chi connectivity index (χ0) is 22.5. The first-order valence-corrected chi connectivity index (χ1v) is 14.2. The number of fused-ring (bicyclic) bond motifs is 1. The van der Waals surface area contributed by atoms with E-state index in [-0.39, 0.29) is 36.2 Å². The molecule has 1 aliphatic carbocycles. The van der Waals surface area contributed by atoms with Gasteiger partial charge in [-0.1, -0.05) is 25.0 Å². The van der Waals surface area contributed by atoms with Crippen molar-refractivity contribution in [3.8, 4) is 0 Å². The molecule has 31 heavy (non-hydrogen) atoms. The molecular weight excluding hydrogens is 429 g/mol. The second kappa shape index (κ2) is 8.83. The van der Waals surface area contributed by atoms with Crippen LogP contribution in [0.2, 0.25) is 0 Å². The Morgan fingerprint density at radius 3 is 1.97 bits per heavy atom. The highest BCUT2D eigenvalue weighted by molar-refractivity contribution is 7.98. The molecule has 3 aliphatic rings. The number of benzene rings is 1. The third-order valence-electron chi connectivity index (χ3n) is 7.01. The zero-order valence-corrected chi connectivity index (χ0v) is 21.2. The van der Waals surface area contributed by atoms with Crippen molar-refractivity contribution < 1.29 is 14.1 Å². The van der Waals surface area contributed by atoms with E-state index in [4.69, 9.17) is 4.74 Å². The molecule has 172 valence electrons. The molecule has 0 amide bonds. The van der Waals surface area contributed by atoms with Crippen molar-refractivity contribution in [3.63, 3.8) is 0 Å². The highest BCUT2D eigenvalue weighted by atomic mass is 32.2. The molecule has 1 aromatic carbocycles. The number of carbonyl (C=O) groups is 1. The minimum Gasteiger partial charge on any atom is -0.468 e. The third kappa shape index (κ3) is 3.71. The van der Waals surface area contributed by atoms with Gasteiger partial charge in [0, 0.05) is 29.1 Å². The fourth-order valence-electron chi connectivity index (χ4n) is 5.86. The first kappa shape index (κ1) is 23.3. The van der Waals surface area contributed by atoms with Gasteiger partial charge < -0.3 is 4.74 Å². The van der Waals surface area contributed by atoms with Gasteiger partial charge in [-0.2, -0.15) is 0 Å². The molecule has 2 aliphatic heterocycles. The minimum atomic E-state index is -3.14. The monoisotopic (exact) mass is 465 g/mol. The number of esters is 1. The topological polar surface area (TPSA) is 52.9 Å². The molecule has 4 rings (SSSR count). The lowest BCUT2D eigenvalue weighted by Crippen LogP contribution is -2.43. The van der Waals surface area contributed by atoms with Gasteiger partial charge in [-0.25, -0.2) is 14.0 Å². The molecule has 5 atom stereocenters. The summed E-state index contributed by atoms with van der Waals surface area (Å²) in [5.74, 6) is -0.295. The summed E-state index contributed by atoms with van der Waals surface area (Å²) >= 11 is 1.69. The Bertz CT molecular complexity index is 834. The smallest absolute Gasteiger partial charge is 0.325 e. The van der Waals surface area contributed by atoms with E-state index >= 15 is 4.57 Å². The van der Waals surface area contributed by atoms with Crippen molar-refractivity contribution >= 4 is 25.3 Å². The summed E-state index contributed by atoms with van der Waals surface area (Å²) in [5.41, 5.74) is 1.03. The fraction of sp³-hybridized carbons (Fsp3) is 0.696. The van der Waals surface area contributed by atoms with E-state index in [0.29, 0.717) is 0 Å². The lowest BCUT2D eigenvalue weighted by atomic mass is 9.89. The van der Waals surface area contributed by atoms with Crippen LogP contribution in [0.3, 0.4) is 0 Å². The Labute approximate surface area is 191 Å². The number of hydrogen-bond donors (Lipinski definition) is 0. The van der Waals surface area contributed by atoms with Crippen molar-refractivity contribution in [2.24, 2.45) is 0 Å². The van der Waals surface area contributed by atoms with E-state index in [9.17, 15) is 4.79 Å². The van der Waals surface area contributed by atoms with Crippen LogP contribution in [0.5, 0.6) is 0 Å². The summed E-state index contributed by atoms with van der Waals surface area (Å²) < 4.78 is 26.9. The van der Waals surface area contributed by atoms with Crippen molar-refractivity contribution in [1.29, 1.82) is 0 Å². The summed E-state index contributed by atoms with van der Waals surface area (Å²) in [6, 6.07) is 8.42. The molecule has 0 bridgehead atoms. The number of ether oxygens (including phenoxy) is 1. The molecule has 6 nitrogen and oxygen atoms in total. The van der Waals surface area contributed by atoms with Gasteiger partial charge in [-0.3, -0.25) is 9.36 Å². The van der Waals surface area contributed by atoms with Crippen molar-refractivity contribution in [2.75, 3.05) is 13.4 Å². The van der Waals surface area contributed by atoms with Crippen LogP contribution >= 0.6 is 19.4 Å². The summed E-state index contributed by atoms with van der Waals surface area (Å²) in [6.07, 6.45) is 6.54. The van der Waals surface area contributed by atoms with Crippen LogP contribution < -0.4 is 0 Å². The molecule has 2 saturated heterocycles. The molecule has 3 fully saturated rings. The molecule has 1 aromatic rings. The van der Waals surface area contributed by atoms with Gasteiger partial charge in [0.1, 0.15) is 6.04 Å². The van der Waals surface area contributed by atoms with E-state index in [2.05, 4.69) is 67.6 Å². The highest BCUT2D eigenvalue weighted by Gasteiger charge is 2.71. The van der Waals surface area contributed by atoms with E-state index in [1.807, 2.05) is 4.67 Å². The maximum absolute atomic E-state index is 15.2. The number of nitrogens with zero attached hydrogens (tertiary/aromatic N) is 3. The van der Waals surface area contributed by atoms with Crippen molar-refractivity contribution in [2.45, 2.75) is 94.5 Å². The number of thioether (sulfide) groups is 1. The third-order valence-corrected chi connectivity index (χ3v) is 11.6. The van der Waals surface area contributed by atoms with Crippen LogP contribution in [-0.4, -0.2) is 63.6 Å². The largest absolute Gasteiger partial charge is 0.468 e. The first-order chi connectivity index (χ1) is 14.8. The van der Waals surface area contributed by atoms with E-state index < -0.39 is 13.6 Å². The summed E-state index contributed by atoms with van der Waals surface area (Å²) in [5, 5.41) is 0. The van der Waals surface area contributed by atoms with Gasteiger partial charge in [0.2, 0.25) is 0 Å². The number of hydrogen-bond acceptors (Lipinski definition) is 4. The first-order valence-electron chi connectivity index (χ1n) is 11.5. The Hall–Kier alpha value is -0.850. The molecule has 0 spiro atoms. The average molecular weight is 466 g/mol. The van der Waals surface area contributed by atoms with Crippen LogP contribution in [-0.2, 0) is 14.1 Å². The minimum absolute atomic E-state index is 0.138. The molecule has 0 radical (unpaired) electrons. The molecule has 1 unspecified atom stereocenters. The normalized spacial score (nSPS) is 33.0. The van der Waals surface area contributed by atoms with Gasteiger partial charge in [-0.05, 0) is 64.5 Å². The summed E-state index contributed by atoms with van der Waals surface area (Å²) in [6.45, 7) is 8.56. The van der Waals surface area contributed by atoms with Crippen LogP contribution in [0.25, 0.3) is 0 Å². The Kier molecular flexibility index (Phi) is 6.64. The lowest BCUT2D eigenvalue weighted by molar-refractivity contribution is -0.140. The van der Waals surface area contributed by atoms with E-state index in [0.717, 1.165) is 18.4 Å². The molecule has 1 saturated carbocycles. The van der Waals surface area contributed by atoms with Gasteiger partial charge in [0.25, 0.3) is 7.59 Å². The summed E-state index contributed by atoms with van der Waals surface area (Å²) in [4.78, 5) is 14.0. The second-order valence-electron chi connectivity index (χ2n) is 9.45. The quantitative estimate of drug-likeness (QED) is 0.249. The van der Waals surface area contributed by atoms with E-state index in [1.165, 1.54) is 24.8 Å². The molecule has 8 heteroatoms. The zero-order valence-electron chi connectivity index (χ0n) is 19.5. The van der Waals surface area contributed by atoms with Crippen LogP contribution in [0.4, 0.5) is 0 Å². The van der Waals surface area contributed by atoms with Gasteiger partial charge in [0.15, 0.2) is 0 Å². The second-order valence-corrected chi connectivity index (χ2v) is 12.7. The standard InChI is InChI=1S/C23H36N3O3PS/c1-15(2)24-19-9-7-8-10-20(19)25(16(3)4)30(24,28)26-21(22(26)23(27)29-5)17-11-13-18(31-6)14-12-17/h11-16,19-22H,7-10H2,1-6H3/t19-,20-,21+,22+,26?/m1/s1. The average Bonchev–Trinajstić information content (AvgIpc) is 3.44. The van der Waals surface area contributed by atoms with Crippen LogP contribution in [0, 0.1) is 0 Å². The highest BCUT2D eigenvalue weighted by Crippen LogP contribution is 2.75. The van der Waals surface area contributed by atoms with Crippen LogP contribution in [0.15, 0.2) is 29.2 Å². The maximum Gasteiger partial charge on any atom is 0.325 e. The van der Waals surface area contributed by atoms with Gasteiger partial charge in [0.05, 0.1) is 13.2 Å². The van der Waals surface area contributed by atoms with Gasteiger partial charge >= 0.3 is 5.97 Å². The molecule has 0 aromatic heterocycles. The fourth-order valence-corrected chi connectivity index (χ4v) is 10.6. The number of methoxy groups -OCH3 is 1. The molecular formula is C23H36N3O3PS. The van der Waals surface area contributed by atoms with E-state index in [1.54, 1.807) is 11.8 Å². The predicted molar refractivity (Wildman–Crippen MR) is 126 cm³/mol. The van der Waals surface area contributed by atoms with Crippen molar-refractivity contribution in [1.82, 2.24) is 14.0 Å². The summed E-state index contributed by atoms with van der Waals surface area (Å²) in [7, 11) is -1.71. The predicted octanol–water partition coefficient (Wildman–Crippen LogP) is 5.16. The van der Waals surface area contributed by atoms with Crippen LogP contribution in [0.1, 0.15) is 65.0 Å². The lowest BCUT2D eigenvalue weighted by Gasteiger charge is -2.37. The van der Waals surface area contributed by atoms with Crippen molar-refractivity contribution in [3.05, 3.63) is 29.8 Å². The van der Waals surface area contributed by atoms with Gasteiger partial charge in [-0.15, -0.1) is 11.8 Å². The Morgan fingerprint density at radius 2 is 1.55 bits per heavy atom. The SMILES string of the molecule is COC(=O)[C@@H]1[C@H](c2ccc(SC)cc2)N1P1(=O)N(C(C)C)[C@@H]2CCCC[C@H]2N1C(C)C. The number of rotatable bonds is 6.